The summed E-state index contributed by atoms with van der Waals surface area (Å²) in [6, 6.07) is 15.5. The van der Waals surface area contributed by atoms with E-state index in [1.807, 2.05) is 31.2 Å². The molecule has 7 heteroatoms. The number of aliphatic carboxylic acids is 1. The van der Waals surface area contributed by atoms with Gasteiger partial charge in [0, 0.05) is 19.0 Å². The fourth-order valence-corrected chi connectivity index (χ4v) is 5.36. The van der Waals surface area contributed by atoms with Gasteiger partial charge in [0.05, 0.1) is 5.41 Å². The molecule has 2 amide bonds. The molecule has 1 heterocycles. The van der Waals surface area contributed by atoms with E-state index in [9.17, 15) is 19.5 Å². The molecule has 2 aromatic rings. The molecule has 7 nitrogen and oxygen atoms in total. The maximum atomic E-state index is 12.9. The van der Waals surface area contributed by atoms with E-state index < -0.39 is 23.5 Å². The van der Waals surface area contributed by atoms with Crippen LogP contribution in [0.15, 0.2) is 48.5 Å². The number of alkyl carbamates (subject to hydrolysis) is 1. The van der Waals surface area contributed by atoms with Gasteiger partial charge in [0.1, 0.15) is 12.6 Å². The van der Waals surface area contributed by atoms with Crippen LogP contribution in [0.25, 0.3) is 11.1 Å². The normalized spacial score (nSPS) is 17.4. The van der Waals surface area contributed by atoms with Gasteiger partial charge in [-0.15, -0.1) is 0 Å². The largest absolute Gasteiger partial charge is 0.481 e. The Morgan fingerprint density at radius 1 is 1.06 bits per heavy atom. The number of likely N-dealkylation sites (tertiary alicyclic amines) is 1. The number of rotatable bonds is 7. The van der Waals surface area contributed by atoms with Crippen molar-refractivity contribution in [3.05, 3.63) is 59.7 Å². The van der Waals surface area contributed by atoms with Gasteiger partial charge in [0.2, 0.25) is 5.91 Å². The first-order valence-corrected chi connectivity index (χ1v) is 12.0. The lowest BCUT2D eigenvalue weighted by Gasteiger charge is -2.39. The number of benzene rings is 2. The number of hydrogen-bond acceptors (Lipinski definition) is 4. The number of nitrogens with one attached hydrogen (secondary N) is 1. The van der Waals surface area contributed by atoms with Crippen LogP contribution >= 0.6 is 0 Å². The third-order valence-electron chi connectivity index (χ3n) is 7.26. The first kappa shape index (κ1) is 23.8. The molecule has 1 unspecified atom stereocenters. The molecule has 1 fully saturated rings. The van der Waals surface area contributed by atoms with Crippen molar-refractivity contribution in [2.75, 3.05) is 19.7 Å². The number of carboxylic acids is 1. The number of carbonyl (C=O) groups is 3. The van der Waals surface area contributed by atoms with Crippen molar-refractivity contribution in [2.45, 2.75) is 51.5 Å². The summed E-state index contributed by atoms with van der Waals surface area (Å²) in [5.41, 5.74) is 3.81. The Hall–Kier alpha value is -3.35. The van der Waals surface area contributed by atoms with Gasteiger partial charge < -0.3 is 20.1 Å². The first-order chi connectivity index (χ1) is 16.4. The number of ether oxygens (including phenoxy) is 1. The number of nitrogens with zero attached hydrogens (tertiary/aromatic N) is 1. The van der Waals surface area contributed by atoms with Gasteiger partial charge >= 0.3 is 12.1 Å². The number of piperidine rings is 1. The van der Waals surface area contributed by atoms with Crippen molar-refractivity contribution in [1.82, 2.24) is 10.2 Å². The van der Waals surface area contributed by atoms with Crippen LogP contribution in [0, 0.1) is 5.41 Å². The lowest BCUT2D eigenvalue weighted by Crippen LogP contribution is -2.52. The average molecular weight is 465 g/mol. The van der Waals surface area contributed by atoms with E-state index >= 15 is 0 Å². The van der Waals surface area contributed by atoms with Gasteiger partial charge in [-0.2, -0.15) is 0 Å². The quantitative estimate of drug-likeness (QED) is 0.633. The second kappa shape index (κ2) is 9.87. The Morgan fingerprint density at radius 2 is 1.62 bits per heavy atom. The fraction of sp³-hybridized carbons (Fsp3) is 0.444. The summed E-state index contributed by atoms with van der Waals surface area (Å²) in [6.07, 6.45) is 1.63. The molecule has 1 atom stereocenters. The lowest BCUT2D eigenvalue weighted by atomic mass is 9.75. The van der Waals surface area contributed by atoms with Crippen LogP contribution in [-0.2, 0) is 14.3 Å². The summed E-state index contributed by atoms with van der Waals surface area (Å²) < 4.78 is 5.55. The summed E-state index contributed by atoms with van der Waals surface area (Å²) >= 11 is 0. The predicted molar refractivity (Wildman–Crippen MR) is 128 cm³/mol. The van der Waals surface area contributed by atoms with Crippen LogP contribution in [0.4, 0.5) is 4.79 Å². The molecule has 1 aliphatic carbocycles. The number of hydrogen-bond donors (Lipinski definition) is 2. The maximum Gasteiger partial charge on any atom is 0.407 e. The van der Waals surface area contributed by atoms with Crippen LogP contribution in [0.3, 0.4) is 0 Å². The smallest absolute Gasteiger partial charge is 0.407 e. The molecule has 0 aromatic heterocycles. The summed E-state index contributed by atoms with van der Waals surface area (Å²) in [7, 11) is 0. The van der Waals surface area contributed by atoms with Crippen LogP contribution in [0.2, 0.25) is 0 Å². The van der Waals surface area contributed by atoms with Gasteiger partial charge in [-0.1, -0.05) is 61.9 Å². The Kier molecular flexibility index (Phi) is 6.91. The number of carbonyl (C=O) groups excluding carboxylic acids is 2. The monoisotopic (exact) mass is 464 g/mol. The van der Waals surface area contributed by atoms with Crippen LogP contribution in [-0.4, -0.2) is 53.7 Å². The number of carboxylic acid groups (broad SMARTS) is 1. The van der Waals surface area contributed by atoms with Crippen molar-refractivity contribution in [1.29, 1.82) is 0 Å². The molecule has 34 heavy (non-hydrogen) atoms. The zero-order valence-electron chi connectivity index (χ0n) is 19.8. The second-order valence-corrected chi connectivity index (χ2v) is 9.35. The van der Waals surface area contributed by atoms with Crippen molar-refractivity contribution in [2.24, 2.45) is 5.41 Å². The fourth-order valence-electron chi connectivity index (χ4n) is 5.36. The van der Waals surface area contributed by atoms with Gasteiger partial charge in [-0.3, -0.25) is 9.59 Å². The van der Waals surface area contributed by atoms with Crippen molar-refractivity contribution < 1.29 is 24.2 Å². The molecule has 0 radical (unpaired) electrons. The van der Waals surface area contributed by atoms with Crippen molar-refractivity contribution in [3.8, 4) is 11.1 Å². The summed E-state index contributed by atoms with van der Waals surface area (Å²) in [6.45, 7) is 4.55. The minimum Gasteiger partial charge on any atom is -0.481 e. The SMILES string of the molecule is CCCC1(C(=O)O)CCN(C(=O)C(C)NC(=O)OCC2c3ccccc3-c3ccccc32)CC1. The van der Waals surface area contributed by atoms with Gasteiger partial charge in [-0.05, 0) is 48.4 Å². The second-order valence-electron chi connectivity index (χ2n) is 9.35. The standard InChI is InChI=1S/C27H32N2O5/c1-3-12-27(25(31)32)13-15-29(16-14-27)24(30)18(2)28-26(33)34-17-23-21-10-6-4-8-19(21)20-9-5-7-11-22(20)23/h4-11,18,23H,3,12-17H2,1-2H3,(H,28,33)(H,31,32). The first-order valence-electron chi connectivity index (χ1n) is 12.0. The van der Waals surface area contributed by atoms with Crippen LogP contribution in [0.5, 0.6) is 0 Å². The third-order valence-corrected chi connectivity index (χ3v) is 7.26. The highest BCUT2D eigenvalue weighted by molar-refractivity contribution is 5.86. The molecule has 2 aromatic carbocycles. The Bertz CT molecular complexity index is 1030. The molecule has 4 rings (SSSR count). The van der Waals surface area contributed by atoms with E-state index in [0.29, 0.717) is 32.4 Å². The van der Waals surface area contributed by atoms with Gasteiger partial charge in [0.25, 0.3) is 0 Å². The topological polar surface area (TPSA) is 95.9 Å². The minimum atomic E-state index is -0.786. The highest BCUT2D eigenvalue weighted by Crippen LogP contribution is 2.44. The highest BCUT2D eigenvalue weighted by atomic mass is 16.5. The molecule has 0 bridgehead atoms. The van der Waals surface area contributed by atoms with E-state index in [1.54, 1.807) is 11.8 Å². The van der Waals surface area contributed by atoms with Gasteiger partial charge in [0.15, 0.2) is 0 Å². The number of amides is 2. The maximum absolute atomic E-state index is 12.9. The average Bonchev–Trinajstić information content (AvgIpc) is 3.16. The molecule has 0 spiro atoms. The summed E-state index contributed by atoms with van der Waals surface area (Å²) in [5.74, 6) is -1.05. The van der Waals surface area contributed by atoms with E-state index in [1.165, 1.54) is 0 Å². The molecule has 180 valence electrons. The van der Waals surface area contributed by atoms with E-state index in [-0.39, 0.29) is 18.4 Å². The van der Waals surface area contributed by atoms with E-state index in [4.69, 9.17) is 4.74 Å². The third kappa shape index (κ3) is 4.52. The molecule has 1 saturated heterocycles. The number of fused-ring (bicyclic) bond motifs is 3. The van der Waals surface area contributed by atoms with Gasteiger partial charge in [-0.25, -0.2) is 4.79 Å². The molecular weight excluding hydrogens is 432 g/mol. The van der Waals surface area contributed by atoms with Crippen molar-refractivity contribution >= 4 is 18.0 Å². The molecule has 2 N–H and O–H groups in total. The zero-order chi connectivity index (χ0) is 24.3. The molecule has 1 aliphatic heterocycles. The highest BCUT2D eigenvalue weighted by Gasteiger charge is 2.42. The summed E-state index contributed by atoms with van der Waals surface area (Å²) in [5, 5.41) is 12.3. The lowest BCUT2D eigenvalue weighted by molar-refractivity contribution is -0.155. The molecule has 2 aliphatic rings. The Labute approximate surface area is 200 Å². The predicted octanol–water partition coefficient (Wildman–Crippen LogP) is 4.41. The van der Waals surface area contributed by atoms with Crippen LogP contribution < -0.4 is 5.32 Å². The zero-order valence-corrected chi connectivity index (χ0v) is 19.8. The molecular formula is C27H32N2O5. The van der Waals surface area contributed by atoms with E-state index in [0.717, 1.165) is 28.7 Å². The van der Waals surface area contributed by atoms with Crippen molar-refractivity contribution in [3.63, 3.8) is 0 Å². The minimum absolute atomic E-state index is 0.0473. The Balaban J connectivity index is 1.32. The Morgan fingerprint density at radius 3 is 2.15 bits per heavy atom. The molecule has 0 saturated carbocycles. The van der Waals surface area contributed by atoms with E-state index in [2.05, 4.69) is 29.6 Å². The van der Waals surface area contributed by atoms with Crippen LogP contribution in [0.1, 0.15) is 56.6 Å². The summed E-state index contributed by atoms with van der Waals surface area (Å²) in [4.78, 5) is 38.8.